The van der Waals surface area contributed by atoms with Gasteiger partial charge in [-0.3, -0.25) is 4.79 Å². The Bertz CT molecular complexity index is 258. The van der Waals surface area contributed by atoms with E-state index in [9.17, 15) is 4.79 Å². The van der Waals surface area contributed by atoms with Crippen molar-refractivity contribution in [2.75, 3.05) is 13.2 Å². The Morgan fingerprint density at radius 1 is 1.60 bits per heavy atom. The third kappa shape index (κ3) is 2.59. The molecule has 1 fully saturated rings. The fraction of sp³-hybridized carbons (Fsp3) is 0.750. The highest BCUT2D eigenvalue weighted by molar-refractivity contribution is 5.79. The van der Waals surface area contributed by atoms with Crippen LogP contribution in [-0.2, 0) is 14.3 Å². The predicted octanol–water partition coefficient (Wildman–Crippen LogP) is 2.31. The zero-order chi connectivity index (χ0) is 11.5. The zero-order valence-electron chi connectivity index (χ0n) is 9.84. The van der Waals surface area contributed by atoms with Crippen molar-refractivity contribution >= 4 is 5.97 Å². The van der Waals surface area contributed by atoms with Crippen molar-refractivity contribution in [3.63, 3.8) is 0 Å². The molecule has 3 nitrogen and oxygen atoms in total. The molecule has 0 radical (unpaired) electrons. The third-order valence-corrected chi connectivity index (χ3v) is 2.85. The highest BCUT2D eigenvalue weighted by Gasteiger charge is 2.45. The maximum Gasteiger partial charge on any atom is 0.316 e. The molecule has 0 amide bonds. The Morgan fingerprint density at radius 2 is 2.27 bits per heavy atom. The van der Waals surface area contributed by atoms with Gasteiger partial charge in [0.15, 0.2) is 0 Å². The largest absolute Gasteiger partial charge is 0.465 e. The molecule has 1 unspecified atom stereocenters. The number of hydrogen-bond acceptors (Lipinski definition) is 3. The lowest BCUT2D eigenvalue weighted by atomic mass is 9.74. The van der Waals surface area contributed by atoms with Gasteiger partial charge in [-0.15, -0.1) is 6.58 Å². The minimum atomic E-state index is -0.558. The van der Waals surface area contributed by atoms with Crippen molar-refractivity contribution in [3.05, 3.63) is 12.7 Å². The molecule has 0 spiro atoms. The van der Waals surface area contributed by atoms with E-state index in [1.54, 1.807) is 6.08 Å². The maximum absolute atomic E-state index is 11.9. The van der Waals surface area contributed by atoms with Gasteiger partial charge in [-0.1, -0.05) is 6.08 Å². The van der Waals surface area contributed by atoms with Gasteiger partial charge in [0.25, 0.3) is 0 Å². The van der Waals surface area contributed by atoms with Crippen LogP contribution in [0.15, 0.2) is 12.7 Å². The van der Waals surface area contributed by atoms with E-state index in [1.165, 1.54) is 0 Å². The summed E-state index contributed by atoms with van der Waals surface area (Å²) in [5.41, 5.74) is -0.836. The van der Waals surface area contributed by atoms with E-state index in [1.807, 2.05) is 20.8 Å². The van der Waals surface area contributed by atoms with Crippen LogP contribution in [0, 0.1) is 5.41 Å². The molecule has 3 heteroatoms. The monoisotopic (exact) mass is 212 g/mol. The Morgan fingerprint density at radius 3 is 2.73 bits per heavy atom. The molecule has 0 N–H and O–H groups in total. The summed E-state index contributed by atoms with van der Waals surface area (Å²) in [5.74, 6) is -0.170. The molecular weight excluding hydrogens is 192 g/mol. The van der Waals surface area contributed by atoms with E-state index in [4.69, 9.17) is 9.47 Å². The van der Waals surface area contributed by atoms with E-state index in [0.29, 0.717) is 26.1 Å². The summed E-state index contributed by atoms with van der Waals surface area (Å²) in [7, 11) is 0. The molecule has 1 rings (SSSR count). The molecule has 1 atom stereocenters. The number of ether oxygens (including phenoxy) is 2. The fourth-order valence-electron chi connectivity index (χ4n) is 2.12. The normalized spacial score (nSPS) is 29.5. The van der Waals surface area contributed by atoms with Crippen LogP contribution >= 0.6 is 0 Å². The Kier molecular flexibility index (Phi) is 3.55. The van der Waals surface area contributed by atoms with Crippen LogP contribution in [0.1, 0.15) is 33.6 Å². The van der Waals surface area contributed by atoms with Crippen molar-refractivity contribution in [3.8, 4) is 0 Å². The standard InChI is InChI=1S/C12H20O3/c1-5-12(10(13)14-6-2)7-8-15-11(3,4)9-12/h5H,1,6-9H2,2-4H3. The van der Waals surface area contributed by atoms with Gasteiger partial charge in [-0.05, 0) is 33.6 Å². The van der Waals surface area contributed by atoms with E-state index >= 15 is 0 Å². The molecule has 0 aromatic heterocycles. The molecule has 15 heavy (non-hydrogen) atoms. The van der Waals surface area contributed by atoms with Crippen molar-refractivity contribution in [2.45, 2.75) is 39.2 Å². The number of esters is 1. The van der Waals surface area contributed by atoms with Gasteiger partial charge < -0.3 is 9.47 Å². The first kappa shape index (κ1) is 12.2. The van der Waals surface area contributed by atoms with Gasteiger partial charge in [0, 0.05) is 6.61 Å². The lowest BCUT2D eigenvalue weighted by Crippen LogP contribution is -2.45. The Hall–Kier alpha value is -0.830. The third-order valence-electron chi connectivity index (χ3n) is 2.85. The van der Waals surface area contributed by atoms with E-state index < -0.39 is 5.41 Å². The van der Waals surface area contributed by atoms with Crippen molar-refractivity contribution < 1.29 is 14.3 Å². The lowest BCUT2D eigenvalue weighted by Gasteiger charge is -2.41. The van der Waals surface area contributed by atoms with Gasteiger partial charge in [0.2, 0.25) is 0 Å². The van der Waals surface area contributed by atoms with Crippen LogP contribution in [0.4, 0.5) is 0 Å². The van der Waals surface area contributed by atoms with Crippen molar-refractivity contribution in [1.82, 2.24) is 0 Å². The average molecular weight is 212 g/mol. The first-order chi connectivity index (χ1) is 6.96. The minimum absolute atomic E-state index is 0.170. The maximum atomic E-state index is 11.9. The topological polar surface area (TPSA) is 35.5 Å². The highest BCUT2D eigenvalue weighted by atomic mass is 16.5. The van der Waals surface area contributed by atoms with E-state index in [2.05, 4.69) is 6.58 Å². The Balaban J connectivity index is 2.84. The quantitative estimate of drug-likeness (QED) is 0.532. The SMILES string of the molecule is C=CC1(C(=O)OCC)CCOC(C)(C)C1. The van der Waals surface area contributed by atoms with Crippen LogP contribution < -0.4 is 0 Å². The number of carbonyl (C=O) groups is 1. The minimum Gasteiger partial charge on any atom is -0.465 e. The number of hydrogen-bond donors (Lipinski definition) is 0. The van der Waals surface area contributed by atoms with E-state index in [0.717, 1.165) is 0 Å². The summed E-state index contributed by atoms with van der Waals surface area (Å²) in [6.45, 7) is 10.6. The molecule has 0 aliphatic carbocycles. The smallest absolute Gasteiger partial charge is 0.316 e. The van der Waals surface area contributed by atoms with Gasteiger partial charge in [-0.2, -0.15) is 0 Å². The summed E-state index contributed by atoms with van der Waals surface area (Å²) in [6.07, 6.45) is 3.02. The van der Waals surface area contributed by atoms with Crippen molar-refractivity contribution in [2.24, 2.45) is 5.41 Å². The van der Waals surface area contributed by atoms with Gasteiger partial charge >= 0.3 is 5.97 Å². The molecule has 0 aromatic carbocycles. The second kappa shape index (κ2) is 4.35. The molecule has 0 bridgehead atoms. The van der Waals surface area contributed by atoms with Crippen LogP contribution in [0.3, 0.4) is 0 Å². The molecule has 0 saturated carbocycles. The van der Waals surface area contributed by atoms with Crippen LogP contribution in [0.5, 0.6) is 0 Å². The molecule has 1 saturated heterocycles. The van der Waals surface area contributed by atoms with Crippen LogP contribution in [0.2, 0.25) is 0 Å². The highest BCUT2D eigenvalue weighted by Crippen LogP contribution is 2.40. The Labute approximate surface area is 91.4 Å². The summed E-state index contributed by atoms with van der Waals surface area (Å²) < 4.78 is 10.7. The second-order valence-corrected chi connectivity index (χ2v) is 4.62. The molecule has 1 aliphatic heterocycles. The molecule has 86 valence electrons. The van der Waals surface area contributed by atoms with Gasteiger partial charge in [0.1, 0.15) is 0 Å². The zero-order valence-corrected chi connectivity index (χ0v) is 9.84. The fourth-order valence-corrected chi connectivity index (χ4v) is 2.12. The summed E-state index contributed by atoms with van der Waals surface area (Å²) in [5, 5.41) is 0. The van der Waals surface area contributed by atoms with Crippen LogP contribution in [0.25, 0.3) is 0 Å². The van der Waals surface area contributed by atoms with E-state index in [-0.39, 0.29) is 11.6 Å². The first-order valence-electron chi connectivity index (χ1n) is 5.40. The predicted molar refractivity (Wildman–Crippen MR) is 58.5 cm³/mol. The molecule has 1 aliphatic rings. The van der Waals surface area contributed by atoms with Crippen molar-refractivity contribution in [1.29, 1.82) is 0 Å². The lowest BCUT2D eigenvalue weighted by molar-refractivity contribution is -0.166. The number of rotatable bonds is 3. The van der Waals surface area contributed by atoms with Gasteiger partial charge in [-0.25, -0.2) is 0 Å². The average Bonchev–Trinajstić information content (AvgIpc) is 2.16. The summed E-state index contributed by atoms with van der Waals surface area (Å²) in [4.78, 5) is 11.9. The number of carbonyl (C=O) groups excluding carboxylic acids is 1. The van der Waals surface area contributed by atoms with Gasteiger partial charge in [0.05, 0.1) is 17.6 Å². The summed E-state index contributed by atoms with van der Waals surface area (Å²) in [6, 6.07) is 0. The molecule has 0 aromatic rings. The van der Waals surface area contributed by atoms with Crippen LogP contribution in [-0.4, -0.2) is 24.8 Å². The summed E-state index contributed by atoms with van der Waals surface area (Å²) >= 11 is 0. The first-order valence-corrected chi connectivity index (χ1v) is 5.40. The molecule has 1 heterocycles. The second-order valence-electron chi connectivity index (χ2n) is 4.62. The molecular formula is C12H20O3.